The van der Waals surface area contributed by atoms with Gasteiger partial charge in [-0.05, 0) is 52.7 Å². The lowest BCUT2D eigenvalue weighted by Gasteiger charge is -2.05. The molecular formula is C16H13NO2S. The number of fused-ring (bicyclic) bond motifs is 1. The van der Waals surface area contributed by atoms with Gasteiger partial charge in [0.15, 0.2) is 0 Å². The van der Waals surface area contributed by atoms with Crippen LogP contribution >= 0.6 is 11.3 Å². The Kier molecular flexibility index (Phi) is 3.39. The first-order valence-corrected chi connectivity index (χ1v) is 7.14. The third kappa shape index (κ3) is 2.81. The molecule has 1 aromatic heterocycles. The molecule has 0 bridgehead atoms. The minimum Gasteiger partial charge on any atom is -0.508 e. The third-order valence-corrected chi connectivity index (χ3v) is 3.94. The molecule has 0 fully saturated rings. The fourth-order valence-corrected chi connectivity index (χ4v) is 2.82. The van der Waals surface area contributed by atoms with Crippen LogP contribution in [0.15, 0.2) is 53.9 Å². The van der Waals surface area contributed by atoms with Crippen molar-refractivity contribution in [1.29, 1.82) is 0 Å². The first-order valence-electron chi connectivity index (χ1n) is 6.26. The lowest BCUT2D eigenvalue weighted by atomic mass is 10.1. The number of benzene rings is 2. The van der Waals surface area contributed by atoms with E-state index in [0.29, 0.717) is 6.42 Å². The molecule has 0 unspecified atom stereocenters. The van der Waals surface area contributed by atoms with E-state index in [4.69, 9.17) is 0 Å². The average Bonchev–Trinajstić information content (AvgIpc) is 2.89. The van der Waals surface area contributed by atoms with Crippen LogP contribution in [0.5, 0.6) is 5.75 Å². The second-order valence-corrected chi connectivity index (χ2v) is 5.51. The molecule has 4 heteroatoms. The molecular weight excluding hydrogens is 270 g/mol. The third-order valence-electron chi connectivity index (χ3n) is 3.04. The Morgan fingerprint density at radius 2 is 1.90 bits per heavy atom. The zero-order chi connectivity index (χ0) is 13.9. The van der Waals surface area contributed by atoms with Gasteiger partial charge in [-0.15, -0.1) is 11.3 Å². The van der Waals surface area contributed by atoms with Gasteiger partial charge in [0.1, 0.15) is 5.75 Å². The largest absolute Gasteiger partial charge is 0.508 e. The van der Waals surface area contributed by atoms with Crippen LogP contribution in [0, 0.1) is 0 Å². The Hall–Kier alpha value is -2.33. The van der Waals surface area contributed by atoms with Crippen molar-refractivity contribution in [1.82, 2.24) is 0 Å². The van der Waals surface area contributed by atoms with Crippen LogP contribution < -0.4 is 5.32 Å². The van der Waals surface area contributed by atoms with E-state index in [-0.39, 0.29) is 11.7 Å². The zero-order valence-electron chi connectivity index (χ0n) is 10.7. The molecule has 2 N–H and O–H groups in total. The van der Waals surface area contributed by atoms with Crippen molar-refractivity contribution in [3.05, 3.63) is 59.5 Å². The molecule has 1 heterocycles. The van der Waals surface area contributed by atoms with E-state index < -0.39 is 0 Å². The topological polar surface area (TPSA) is 49.3 Å². The van der Waals surface area contributed by atoms with Crippen molar-refractivity contribution in [2.45, 2.75) is 6.42 Å². The predicted molar refractivity (Wildman–Crippen MR) is 82.3 cm³/mol. The van der Waals surface area contributed by atoms with E-state index in [0.717, 1.165) is 16.6 Å². The Bertz CT molecular complexity index is 747. The second-order valence-electron chi connectivity index (χ2n) is 4.56. The summed E-state index contributed by atoms with van der Waals surface area (Å²) in [6.07, 6.45) is 0.294. The smallest absolute Gasteiger partial charge is 0.228 e. The molecule has 0 aliphatic rings. The van der Waals surface area contributed by atoms with E-state index in [1.54, 1.807) is 35.6 Å². The molecule has 0 aliphatic carbocycles. The molecule has 20 heavy (non-hydrogen) atoms. The molecule has 2 aromatic carbocycles. The standard InChI is InChI=1S/C16H13NO2S/c18-14-4-1-11(2-5-14)9-16(19)17-13-3-6-15-12(10-13)7-8-20-15/h1-8,10,18H,9H2,(H,17,19). The van der Waals surface area contributed by atoms with E-state index in [9.17, 15) is 9.90 Å². The number of hydrogen-bond donors (Lipinski definition) is 2. The SMILES string of the molecule is O=C(Cc1ccc(O)cc1)Nc1ccc2sccc2c1. The van der Waals surface area contributed by atoms with Gasteiger partial charge in [0, 0.05) is 10.4 Å². The normalized spacial score (nSPS) is 10.6. The molecule has 0 saturated heterocycles. The van der Waals surface area contributed by atoms with E-state index >= 15 is 0 Å². The number of carbonyl (C=O) groups excluding carboxylic acids is 1. The summed E-state index contributed by atoms with van der Waals surface area (Å²) in [6.45, 7) is 0. The first kappa shape index (κ1) is 12.7. The van der Waals surface area contributed by atoms with Gasteiger partial charge in [0.2, 0.25) is 5.91 Å². The maximum absolute atomic E-state index is 12.0. The number of phenols is 1. The van der Waals surface area contributed by atoms with E-state index in [1.807, 2.05) is 29.6 Å². The number of amides is 1. The monoisotopic (exact) mass is 283 g/mol. The molecule has 3 nitrogen and oxygen atoms in total. The molecule has 0 saturated carbocycles. The van der Waals surface area contributed by atoms with Crippen LogP contribution in [0.25, 0.3) is 10.1 Å². The summed E-state index contributed by atoms with van der Waals surface area (Å²) in [5.41, 5.74) is 1.68. The number of aromatic hydroxyl groups is 1. The Labute approximate surface area is 120 Å². The minimum atomic E-state index is -0.0646. The van der Waals surface area contributed by atoms with Gasteiger partial charge < -0.3 is 10.4 Å². The van der Waals surface area contributed by atoms with Gasteiger partial charge >= 0.3 is 0 Å². The van der Waals surface area contributed by atoms with Gasteiger partial charge in [-0.2, -0.15) is 0 Å². The zero-order valence-corrected chi connectivity index (χ0v) is 11.5. The predicted octanol–water partition coefficient (Wildman–Crippen LogP) is 3.79. The second kappa shape index (κ2) is 5.35. The fourth-order valence-electron chi connectivity index (χ4n) is 2.05. The highest BCUT2D eigenvalue weighted by Crippen LogP contribution is 2.24. The lowest BCUT2D eigenvalue weighted by Crippen LogP contribution is -2.14. The number of nitrogens with one attached hydrogen (secondary N) is 1. The minimum absolute atomic E-state index is 0.0646. The summed E-state index contributed by atoms with van der Waals surface area (Å²) < 4.78 is 1.21. The molecule has 1 amide bonds. The maximum atomic E-state index is 12.0. The summed E-state index contributed by atoms with van der Waals surface area (Å²) >= 11 is 1.68. The highest BCUT2D eigenvalue weighted by atomic mass is 32.1. The number of anilines is 1. The quantitative estimate of drug-likeness (QED) is 0.768. The Morgan fingerprint density at radius 1 is 1.10 bits per heavy atom. The van der Waals surface area contributed by atoms with Crippen molar-refractivity contribution in [2.75, 3.05) is 5.32 Å². The van der Waals surface area contributed by atoms with Crippen LogP contribution in [0.3, 0.4) is 0 Å². The Balaban J connectivity index is 1.70. The van der Waals surface area contributed by atoms with Crippen LogP contribution in [-0.2, 0) is 11.2 Å². The summed E-state index contributed by atoms with van der Waals surface area (Å²) in [5.74, 6) is 0.141. The molecule has 100 valence electrons. The summed E-state index contributed by atoms with van der Waals surface area (Å²) in [6, 6.07) is 14.6. The molecule has 0 radical (unpaired) electrons. The van der Waals surface area contributed by atoms with Gasteiger partial charge in [0.05, 0.1) is 6.42 Å². The first-order chi connectivity index (χ1) is 9.70. The van der Waals surface area contributed by atoms with Crippen LogP contribution in [0.2, 0.25) is 0 Å². The molecule has 0 atom stereocenters. The van der Waals surface area contributed by atoms with Gasteiger partial charge in [0.25, 0.3) is 0 Å². The highest BCUT2D eigenvalue weighted by molar-refractivity contribution is 7.17. The molecule has 3 rings (SSSR count). The molecule has 0 aliphatic heterocycles. The summed E-state index contributed by atoms with van der Waals surface area (Å²) in [5, 5.41) is 15.3. The number of carbonyl (C=O) groups is 1. The molecule has 0 spiro atoms. The Morgan fingerprint density at radius 3 is 2.70 bits per heavy atom. The van der Waals surface area contributed by atoms with Crippen LogP contribution in [0.1, 0.15) is 5.56 Å². The van der Waals surface area contributed by atoms with E-state index in [2.05, 4.69) is 5.32 Å². The highest BCUT2D eigenvalue weighted by Gasteiger charge is 2.05. The lowest BCUT2D eigenvalue weighted by molar-refractivity contribution is -0.115. The van der Waals surface area contributed by atoms with E-state index in [1.165, 1.54) is 4.70 Å². The fraction of sp³-hybridized carbons (Fsp3) is 0.0625. The van der Waals surface area contributed by atoms with Crippen molar-refractivity contribution in [2.24, 2.45) is 0 Å². The van der Waals surface area contributed by atoms with Gasteiger partial charge in [-0.25, -0.2) is 0 Å². The van der Waals surface area contributed by atoms with Gasteiger partial charge in [-0.3, -0.25) is 4.79 Å². The van der Waals surface area contributed by atoms with Crippen LogP contribution in [0.4, 0.5) is 5.69 Å². The van der Waals surface area contributed by atoms with Crippen molar-refractivity contribution >= 4 is 33.0 Å². The number of phenolic OH excluding ortho intramolecular Hbond substituents is 1. The average molecular weight is 283 g/mol. The van der Waals surface area contributed by atoms with Crippen molar-refractivity contribution in [3.63, 3.8) is 0 Å². The number of hydrogen-bond acceptors (Lipinski definition) is 3. The van der Waals surface area contributed by atoms with Crippen molar-refractivity contribution in [3.8, 4) is 5.75 Å². The maximum Gasteiger partial charge on any atom is 0.228 e. The number of thiophene rings is 1. The van der Waals surface area contributed by atoms with Gasteiger partial charge in [-0.1, -0.05) is 12.1 Å². The number of rotatable bonds is 3. The summed E-state index contributed by atoms with van der Waals surface area (Å²) in [4.78, 5) is 12.0. The molecule has 3 aromatic rings. The van der Waals surface area contributed by atoms with Crippen molar-refractivity contribution < 1.29 is 9.90 Å². The van der Waals surface area contributed by atoms with Crippen LogP contribution in [-0.4, -0.2) is 11.0 Å². The summed E-state index contributed by atoms with van der Waals surface area (Å²) in [7, 11) is 0.